The molecule has 0 saturated heterocycles. The second kappa shape index (κ2) is 8.53. The van der Waals surface area contributed by atoms with Crippen LogP contribution in [-0.2, 0) is 4.74 Å². The molecule has 4 heteroatoms. The standard InChI is InChI=1S/C11H23NO3/c1-9(2)8-15-11(14)12-6-4-5-10(3)7-13/h9-10,13H,4-8H2,1-3H3,(H,12,14). The van der Waals surface area contributed by atoms with Crippen LogP contribution in [0.25, 0.3) is 0 Å². The fraction of sp³-hybridized carbons (Fsp3) is 0.909. The average molecular weight is 217 g/mol. The first-order chi connectivity index (χ1) is 7.06. The highest BCUT2D eigenvalue weighted by Crippen LogP contribution is 2.02. The molecule has 0 aromatic rings. The van der Waals surface area contributed by atoms with E-state index in [4.69, 9.17) is 9.84 Å². The molecule has 0 fully saturated rings. The van der Waals surface area contributed by atoms with Gasteiger partial charge in [-0.1, -0.05) is 20.8 Å². The summed E-state index contributed by atoms with van der Waals surface area (Å²) in [6.07, 6.45) is 1.44. The maximum Gasteiger partial charge on any atom is 0.407 e. The minimum absolute atomic E-state index is 0.206. The van der Waals surface area contributed by atoms with Crippen LogP contribution in [0.1, 0.15) is 33.6 Å². The lowest BCUT2D eigenvalue weighted by molar-refractivity contribution is 0.132. The van der Waals surface area contributed by atoms with Crippen LogP contribution < -0.4 is 5.32 Å². The zero-order valence-electron chi connectivity index (χ0n) is 9.95. The number of ether oxygens (including phenoxy) is 1. The van der Waals surface area contributed by atoms with E-state index in [-0.39, 0.29) is 12.7 Å². The molecule has 0 heterocycles. The third kappa shape index (κ3) is 9.53. The Kier molecular flexibility index (Phi) is 8.09. The van der Waals surface area contributed by atoms with E-state index in [0.717, 1.165) is 12.8 Å². The molecule has 1 unspecified atom stereocenters. The maximum absolute atomic E-state index is 11.1. The minimum atomic E-state index is -0.347. The quantitative estimate of drug-likeness (QED) is 0.639. The van der Waals surface area contributed by atoms with Crippen LogP contribution in [0.4, 0.5) is 4.79 Å². The van der Waals surface area contributed by atoms with Crippen LogP contribution >= 0.6 is 0 Å². The van der Waals surface area contributed by atoms with E-state index in [0.29, 0.717) is 25.0 Å². The van der Waals surface area contributed by atoms with E-state index in [1.165, 1.54) is 0 Å². The van der Waals surface area contributed by atoms with Crippen molar-refractivity contribution in [3.63, 3.8) is 0 Å². The molecule has 0 spiro atoms. The van der Waals surface area contributed by atoms with Crippen molar-refractivity contribution < 1.29 is 14.6 Å². The van der Waals surface area contributed by atoms with Gasteiger partial charge in [0.25, 0.3) is 0 Å². The Hall–Kier alpha value is -0.770. The number of hydrogen-bond acceptors (Lipinski definition) is 3. The van der Waals surface area contributed by atoms with Gasteiger partial charge in [-0.3, -0.25) is 0 Å². The molecule has 15 heavy (non-hydrogen) atoms. The molecule has 0 radical (unpaired) electrons. The topological polar surface area (TPSA) is 58.6 Å². The smallest absolute Gasteiger partial charge is 0.407 e. The van der Waals surface area contributed by atoms with Crippen LogP contribution in [0, 0.1) is 11.8 Å². The number of alkyl carbamates (subject to hydrolysis) is 1. The van der Waals surface area contributed by atoms with Crippen molar-refractivity contribution >= 4 is 6.09 Å². The van der Waals surface area contributed by atoms with Gasteiger partial charge in [0.15, 0.2) is 0 Å². The lowest BCUT2D eigenvalue weighted by Gasteiger charge is -2.10. The summed E-state index contributed by atoms with van der Waals surface area (Å²) in [6.45, 7) is 7.25. The van der Waals surface area contributed by atoms with Gasteiger partial charge in [0, 0.05) is 13.2 Å². The fourth-order valence-corrected chi connectivity index (χ4v) is 1.03. The Balaban J connectivity index is 3.31. The van der Waals surface area contributed by atoms with Crippen molar-refractivity contribution in [1.29, 1.82) is 0 Å². The molecular formula is C11H23NO3. The van der Waals surface area contributed by atoms with E-state index in [1.807, 2.05) is 20.8 Å². The highest BCUT2D eigenvalue weighted by Gasteiger charge is 2.03. The molecule has 1 atom stereocenters. The summed E-state index contributed by atoms with van der Waals surface area (Å²) in [6, 6.07) is 0. The van der Waals surface area contributed by atoms with Gasteiger partial charge in [-0.25, -0.2) is 4.79 Å². The highest BCUT2D eigenvalue weighted by atomic mass is 16.5. The van der Waals surface area contributed by atoms with Gasteiger partial charge in [-0.2, -0.15) is 0 Å². The Morgan fingerprint density at radius 3 is 2.60 bits per heavy atom. The van der Waals surface area contributed by atoms with Crippen LogP contribution in [0.5, 0.6) is 0 Å². The Morgan fingerprint density at radius 1 is 1.40 bits per heavy atom. The third-order valence-electron chi connectivity index (χ3n) is 2.00. The van der Waals surface area contributed by atoms with Gasteiger partial charge < -0.3 is 15.2 Å². The molecule has 0 bridgehead atoms. The van der Waals surface area contributed by atoms with Crippen LogP contribution in [0.3, 0.4) is 0 Å². The number of aliphatic hydroxyl groups is 1. The first-order valence-electron chi connectivity index (χ1n) is 5.57. The van der Waals surface area contributed by atoms with Crippen molar-refractivity contribution in [3.05, 3.63) is 0 Å². The number of nitrogens with one attached hydrogen (secondary N) is 1. The molecule has 0 rings (SSSR count). The van der Waals surface area contributed by atoms with Gasteiger partial charge in [-0.15, -0.1) is 0 Å². The van der Waals surface area contributed by atoms with E-state index < -0.39 is 0 Å². The summed E-state index contributed by atoms with van der Waals surface area (Å²) in [5.41, 5.74) is 0. The molecule has 0 aromatic carbocycles. The van der Waals surface area contributed by atoms with Crippen molar-refractivity contribution in [1.82, 2.24) is 5.32 Å². The molecule has 0 aliphatic rings. The van der Waals surface area contributed by atoms with Crippen LogP contribution in [-0.4, -0.2) is 31.0 Å². The molecule has 4 nitrogen and oxygen atoms in total. The van der Waals surface area contributed by atoms with Crippen molar-refractivity contribution in [2.24, 2.45) is 11.8 Å². The largest absolute Gasteiger partial charge is 0.449 e. The lowest BCUT2D eigenvalue weighted by atomic mass is 10.1. The van der Waals surface area contributed by atoms with Gasteiger partial charge in [-0.05, 0) is 24.7 Å². The summed E-state index contributed by atoms with van der Waals surface area (Å²) < 4.78 is 4.94. The van der Waals surface area contributed by atoms with Gasteiger partial charge >= 0.3 is 6.09 Å². The number of aliphatic hydroxyl groups excluding tert-OH is 1. The second-order valence-electron chi connectivity index (χ2n) is 4.35. The summed E-state index contributed by atoms with van der Waals surface area (Å²) >= 11 is 0. The molecule has 1 amide bonds. The first-order valence-corrected chi connectivity index (χ1v) is 5.57. The number of rotatable bonds is 7. The van der Waals surface area contributed by atoms with E-state index in [2.05, 4.69) is 5.32 Å². The zero-order valence-corrected chi connectivity index (χ0v) is 9.95. The van der Waals surface area contributed by atoms with Crippen LogP contribution in [0.15, 0.2) is 0 Å². The molecule has 2 N–H and O–H groups in total. The normalized spacial score (nSPS) is 12.6. The Morgan fingerprint density at radius 2 is 2.07 bits per heavy atom. The molecule has 0 aliphatic carbocycles. The Labute approximate surface area is 92.0 Å². The van der Waals surface area contributed by atoms with E-state index >= 15 is 0 Å². The molecule has 0 aliphatic heterocycles. The van der Waals surface area contributed by atoms with Crippen molar-refractivity contribution in [2.45, 2.75) is 33.6 Å². The number of carbonyl (C=O) groups is 1. The number of hydrogen-bond donors (Lipinski definition) is 2. The molecular weight excluding hydrogens is 194 g/mol. The SMILES string of the molecule is CC(C)COC(=O)NCCCC(C)CO. The highest BCUT2D eigenvalue weighted by molar-refractivity contribution is 5.66. The van der Waals surface area contributed by atoms with Gasteiger partial charge in [0.05, 0.1) is 6.61 Å². The summed E-state index contributed by atoms with van der Waals surface area (Å²) in [7, 11) is 0. The summed E-state index contributed by atoms with van der Waals surface area (Å²) in [5, 5.41) is 11.5. The van der Waals surface area contributed by atoms with E-state index in [1.54, 1.807) is 0 Å². The second-order valence-corrected chi connectivity index (χ2v) is 4.35. The maximum atomic E-state index is 11.1. The van der Waals surface area contributed by atoms with Gasteiger partial charge in [0.1, 0.15) is 0 Å². The van der Waals surface area contributed by atoms with Gasteiger partial charge in [0.2, 0.25) is 0 Å². The minimum Gasteiger partial charge on any atom is -0.449 e. The molecule has 0 saturated carbocycles. The predicted octanol–water partition coefficient (Wildman–Crippen LogP) is 1.78. The van der Waals surface area contributed by atoms with E-state index in [9.17, 15) is 4.79 Å². The monoisotopic (exact) mass is 217 g/mol. The van der Waals surface area contributed by atoms with Crippen LogP contribution in [0.2, 0.25) is 0 Å². The Bertz CT molecular complexity index is 171. The summed E-state index contributed by atoms with van der Waals surface area (Å²) in [4.78, 5) is 11.1. The zero-order chi connectivity index (χ0) is 11.7. The fourth-order valence-electron chi connectivity index (χ4n) is 1.03. The number of carbonyl (C=O) groups excluding carboxylic acids is 1. The summed E-state index contributed by atoms with van der Waals surface area (Å²) in [5.74, 6) is 0.670. The third-order valence-corrected chi connectivity index (χ3v) is 2.00. The van der Waals surface area contributed by atoms with Crippen molar-refractivity contribution in [3.8, 4) is 0 Å². The average Bonchev–Trinajstić information content (AvgIpc) is 2.21. The predicted molar refractivity (Wildman–Crippen MR) is 59.7 cm³/mol. The first kappa shape index (κ1) is 14.2. The number of amides is 1. The molecule has 0 aromatic heterocycles. The molecule has 90 valence electrons. The van der Waals surface area contributed by atoms with Crippen molar-refractivity contribution in [2.75, 3.05) is 19.8 Å². The lowest BCUT2D eigenvalue weighted by Crippen LogP contribution is -2.27.